The summed E-state index contributed by atoms with van der Waals surface area (Å²) in [6.07, 6.45) is 19.5. The Labute approximate surface area is 169 Å². The van der Waals surface area contributed by atoms with Gasteiger partial charge in [0.25, 0.3) is 0 Å². The van der Waals surface area contributed by atoms with Crippen LogP contribution in [0.25, 0.3) is 0 Å². The highest BCUT2D eigenvalue weighted by atomic mass is 16.5. The summed E-state index contributed by atoms with van der Waals surface area (Å²) < 4.78 is 5.39. The molecule has 27 heavy (non-hydrogen) atoms. The second-order valence-corrected chi connectivity index (χ2v) is 8.02. The lowest BCUT2D eigenvalue weighted by Crippen LogP contribution is -2.21. The minimum absolute atomic E-state index is 0.0800. The van der Waals surface area contributed by atoms with E-state index in [-0.39, 0.29) is 12.0 Å². The highest BCUT2D eigenvalue weighted by Crippen LogP contribution is 2.15. The first-order valence-corrected chi connectivity index (χ1v) is 11.7. The highest BCUT2D eigenvalue weighted by Gasteiger charge is 2.13. The first-order valence-electron chi connectivity index (χ1n) is 11.7. The maximum absolute atomic E-state index is 12.0. The largest absolute Gasteiger partial charge is 0.462 e. The lowest BCUT2D eigenvalue weighted by molar-refractivity contribution is -0.139. The molecule has 1 unspecified atom stereocenters. The molecule has 0 saturated heterocycles. The molecule has 0 fully saturated rings. The van der Waals surface area contributed by atoms with Crippen molar-refractivity contribution in [1.82, 2.24) is 0 Å². The number of esters is 1. The molecule has 0 aliphatic heterocycles. The SMILES string of the molecule is CCCCCCCCCCCCCCCCOC(=O)C(C)=C(CC)C(C)N. The lowest BCUT2D eigenvalue weighted by Gasteiger charge is -2.13. The zero-order valence-electron chi connectivity index (χ0n) is 18.8. The van der Waals surface area contributed by atoms with Crippen molar-refractivity contribution < 1.29 is 9.53 Å². The van der Waals surface area contributed by atoms with Gasteiger partial charge in [0.15, 0.2) is 0 Å². The number of hydrogen-bond donors (Lipinski definition) is 1. The predicted molar refractivity (Wildman–Crippen MR) is 118 cm³/mol. The quantitative estimate of drug-likeness (QED) is 0.157. The Morgan fingerprint density at radius 2 is 1.19 bits per heavy atom. The fourth-order valence-electron chi connectivity index (χ4n) is 3.63. The third-order valence-electron chi connectivity index (χ3n) is 5.45. The van der Waals surface area contributed by atoms with Crippen LogP contribution in [0.2, 0.25) is 0 Å². The molecular weight excluding hydrogens is 334 g/mol. The molecular formula is C24H47NO2. The molecule has 0 aromatic carbocycles. The fourth-order valence-corrected chi connectivity index (χ4v) is 3.63. The summed E-state index contributed by atoms with van der Waals surface area (Å²) in [5.41, 5.74) is 7.60. The van der Waals surface area contributed by atoms with Crippen molar-refractivity contribution in [2.45, 2.75) is 130 Å². The number of unbranched alkanes of at least 4 members (excludes halogenated alkanes) is 13. The third-order valence-corrected chi connectivity index (χ3v) is 5.45. The van der Waals surface area contributed by atoms with E-state index in [0.29, 0.717) is 12.2 Å². The molecule has 0 aromatic heterocycles. The van der Waals surface area contributed by atoms with Crippen LogP contribution in [-0.4, -0.2) is 18.6 Å². The molecule has 3 heteroatoms. The molecule has 0 saturated carbocycles. The standard InChI is InChI=1S/C24H47NO2/c1-5-7-8-9-10-11-12-13-14-15-16-17-18-19-20-27-24(26)21(3)23(6-2)22(4)25/h22H,5-20,25H2,1-4H3. The summed E-state index contributed by atoms with van der Waals surface area (Å²) in [7, 11) is 0. The Kier molecular flexibility index (Phi) is 18.0. The molecule has 3 nitrogen and oxygen atoms in total. The second-order valence-electron chi connectivity index (χ2n) is 8.02. The van der Waals surface area contributed by atoms with Crippen molar-refractivity contribution in [3.63, 3.8) is 0 Å². The summed E-state index contributed by atoms with van der Waals surface area (Å²) in [5.74, 6) is -0.196. The summed E-state index contributed by atoms with van der Waals surface area (Å²) >= 11 is 0. The van der Waals surface area contributed by atoms with Crippen LogP contribution < -0.4 is 5.73 Å². The zero-order chi connectivity index (χ0) is 20.3. The van der Waals surface area contributed by atoms with Crippen LogP contribution >= 0.6 is 0 Å². The Hall–Kier alpha value is -0.830. The fraction of sp³-hybridized carbons (Fsp3) is 0.875. The van der Waals surface area contributed by atoms with Gasteiger partial charge in [-0.15, -0.1) is 0 Å². The Balaban J connectivity index is 3.46. The van der Waals surface area contributed by atoms with Crippen LogP contribution in [0.4, 0.5) is 0 Å². The van der Waals surface area contributed by atoms with Crippen molar-refractivity contribution >= 4 is 5.97 Å². The van der Waals surface area contributed by atoms with E-state index in [4.69, 9.17) is 10.5 Å². The van der Waals surface area contributed by atoms with Crippen LogP contribution in [0, 0.1) is 0 Å². The summed E-state index contributed by atoms with van der Waals surface area (Å²) in [4.78, 5) is 12.0. The predicted octanol–water partition coefficient (Wildman–Crippen LogP) is 7.08. The van der Waals surface area contributed by atoms with Gasteiger partial charge >= 0.3 is 5.97 Å². The van der Waals surface area contributed by atoms with Crippen LogP contribution in [-0.2, 0) is 9.53 Å². The van der Waals surface area contributed by atoms with E-state index in [0.717, 1.165) is 24.8 Å². The molecule has 0 aliphatic carbocycles. The molecule has 160 valence electrons. The number of ether oxygens (including phenoxy) is 1. The average molecular weight is 382 g/mol. The number of carbonyl (C=O) groups is 1. The monoisotopic (exact) mass is 381 g/mol. The highest BCUT2D eigenvalue weighted by molar-refractivity contribution is 5.88. The van der Waals surface area contributed by atoms with Gasteiger partial charge in [-0.2, -0.15) is 0 Å². The minimum Gasteiger partial charge on any atom is -0.462 e. The van der Waals surface area contributed by atoms with E-state index in [1.54, 1.807) is 0 Å². The van der Waals surface area contributed by atoms with Gasteiger partial charge in [0.05, 0.1) is 6.61 Å². The first-order chi connectivity index (χ1) is 13.0. The molecule has 0 heterocycles. The first kappa shape index (κ1) is 26.2. The van der Waals surface area contributed by atoms with Gasteiger partial charge in [0.2, 0.25) is 0 Å². The van der Waals surface area contributed by atoms with Crippen LogP contribution in [0.1, 0.15) is 124 Å². The molecule has 2 N–H and O–H groups in total. The Morgan fingerprint density at radius 1 is 0.778 bits per heavy atom. The molecule has 0 rings (SSSR count). The molecule has 0 amide bonds. The summed E-state index contributed by atoms with van der Waals surface area (Å²) in [5, 5.41) is 0. The average Bonchev–Trinajstić information content (AvgIpc) is 2.64. The molecule has 0 bridgehead atoms. The van der Waals surface area contributed by atoms with Crippen molar-refractivity contribution in [2.75, 3.05) is 6.61 Å². The number of nitrogens with two attached hydrogens (primary N) is 1. The van der Waals surface area contributed by atoms with Gasteiger partial charge in [0, 0.05) is 11.6 Å². The molecule has 0 aliphatic rings. The van der Waals surface area contributed by atoms with Crippen LogP contribution in [0.5, 0.6) is 0 Å². The number of hydrogen-bond acceptors (Lipinski definition) is 3. The number of rotatable bonds is 18. The maximum Gasteiger partial charge on any atom is 0.333 e. The van der Waals surface area contributed by atoms with E-state index in [2.05, 4.69) is 6.92 Å². The lowest BCUT2D eigenvalue weighted by atomic mass is 10.0. The van der Waals surface area contributed by atoms with Gasteiger partial charge < -0.3 is 10.5 Å². The van der Waals surface area contributed by atoms with E-state index in [1.807, 2.05) is 20.8 Å². The number of carbonyl (C=O) groups excluding carboxylic acids is 1. The molecule has 1 atom stereocenters. The van der Waals surface area contributed by atoms with Gasteiger partial charge in [-0.05, 0) is 32.3 Å². The Bertz CT molecular complexity index is 388. The van der Waals surface area contributed by atoms with Crippen molar-refractivity contribution in [3.8, 4) is 0 Å². The van der Waals surface area contributed by atoms with Gasteiger partial charge in [0.1, 0.15) is 0 Å². The zero-order valence-corrected chi connectivity index (χ0v) is 18.8. The summed E-state index contributed by atoms with van der Waals surface area (Å²) in [6.45, 7) is 8.59. The topological polar surface area (TPSA) is 52.3 Å². The van der Waals surface area contributed by atoms with E-state index < -0.39 is 0 Å². The van der Waals surface area contributed by atoms with Gasteiger partial charge in [-0.3, -0.25) is 0 Å². The van der Waals surface area contributed by atoms with Crippen molar-refractivity contribution in [1.29, 1.82) is 0 Å². The van der Waals surface area contributed by atoms with Crippen molar-refractivity contribution in [3.05, 3.63) is 11.1 Å². The van der Waals surface area contributed by atoms with E-state index in [1.165, 1.54) is 77.0 Å². The molecule has 0 spiro atoms. The third kappa shape index (κ3) is 14.8. The van der Waals surface area contributed by atoms with Crippen LogP contribution in [0.3, 0.4) is 0 Å². The van der Waals surface area contributed by atoms with Gasteiger partial charge in [-0.25, -0.2) is 4.79 Å². The Morgan fingerprint density at radius 3 is 1.56 bits per heavy atom. The van der Waals surface area contributed by atoms with E-state index >= 15 is 0 Å². The molecule has 0 aromatic rings. The smallest absolute Gasteiger partial charge is 0.333 e. The van der Waals surface area contributed by atoms with E-state index in [9.17, 15) is 4.79 Å². The normalized spacial score (nSPS) is 13.4. The van der Waals surface area contributed by atoms with Gasteiger partial charge in [-0.1, -0.05) is 97.3 Å². The van der Waals surface area contributed by atoms with Crippen molar-refractivity contribution in [2.24, 2.45) is 5.73 Å². The molecule has 0 radical (unpaired) electrons. The summed E-state index contributed by atoms with van der Waals surface area (Å²) in [6, 6.07) is -0.0800. The maximum atomic E-state index is 12.0. The minimum atomic E-state index is -0.196. The second kappa shape index (κ2) is 18.5. The van der Waals surface area contributed by atoms with Crippen LogP contribution in [0.15, 0.2) is 11.1 Å².